The van der Waals surface area contributed by atoms with Gasteiger partial charge in [-0.15, -0.1) is 0 Å². The van der Waals surface area contributed by atoms with Gasteiger partial charge in [-0.3, -0.25) is 4.99 Å². The van der Waals surface area contributed by atoms with Crippen molar-refractivity contribution in [1.82, 2.24) is 10.2 Å². The predicted octanol–water partition coefficient (Wildman–Crippen LogP) is 1.67. The maximum atomic E-state index is 12.4. The fourth-order valence-electron chi connectivity index (χ4n) is 3.40. The van der Waals surface area contributed by atoms with Crippen molar-refractivity contribution in [3.63, 3.8) is 0 Å². The normalized spacial score (nSPS) is 25.9. The molecule has 0 aliphatic carbocycles. The molecule has 7 heteroatoms. The van der Waals surface area contributed by atoms with E-state index in [1.165, 1.54) is 6.26 Å². The van der Waals surface area contributed by atoms with Gasteiger partial charge in [0.15, 0.2) is 15.8 Å². The largest absolute Gasteiger partial charge is 0.381 e. The molecule has 1 N–H and O–H groups in total. The summed E-state index contributed by atoms with van der Waals surface area (Å²) in [5.41, 5.74) is 0.193. The Balaban J connectivity index is 2.25. The molecule has 0 saturated carbocycles. The second kappa shape index (κ2) is 6.48. The summed E-state index contributed by atoms with van der Waals surface area (Å²) in [5.74, 6) is 0.816. The maximum Gasteiger partial charge on any atom is 0.194 e. The van der Waals surface area contributed by atoms with Gasteiger partial charge >= 0.3 is 0 Å². The van der Waals surface area contributed by atoms with E-state index in [0.29, 0.717) is 32.6 Å². The Morgan fingerprint density at radius 2 is 1.79 bits per heavy atom. The molecule has 0 atom stereocenters. The molecule has 24 heavy (non-hydrogen) atoms. The molecule has 2 saturated heterocycles. The number of hydrogen-bond acceptors (Lipinski definition) is 4. The van der Waals surface area contributed by atoms with E-state index in [1.54, 1.807) is 0 Å². The summed E-state index contributed by atoms with van der Waals surface area (Å²) in [6, 6.07) is 0. The molecule has 2 heterocycles. The maximum absolute atomic E-state index is 12.4. The minimum absolute atomic E-state index is 0.0120. The van der Waals surface area contributed by atoms with Crippen molar-refractivity contribution >= 4 is 15.8 Å². The van der Waals surface area contributed by atoms with E-state index in [4.69, 9.17) is 9.73 Å². The average Bonchev–Trinajstić information content (AvgIpc) is 2.49. The highest BCUT2D eigenvalue weighted by molar-refractivity contribution is 7.92. The van der Waals surface area contributed by atoms with E-state index < -0.39 is 14.6 Å². The Bertz CT molecular complexity index is 590. The van der Waals surface area contributed by atoms with Crippen LogP contribution in [0, 0.1) is 5.41 Å². The highest BCUT2D eigenvalue weighted by Gasteiger charge is 2.54. The zero-order valence-electron chi connectivity index (χ0n) is 16.0. The number of ether oxygens (including phenoxy) is 1. The number of hydrogen-bond donors (Lipinski definition) is 1. The SMILES string of the molecule is CCNC(=NCC1(S(C)(=O)=O)CCOCC1)N1CC(C)(C)C1(C)C. The highest BCUT2D eigenvalue weighted by Crippen LogP contribution is 2.46. The van der Waals surface area contributed by atoms with Gasteiger partial charge in [0.1, 0.15) is 0 Å². The summed E-state index contributed by atoms with van der Waals surface area (Å²) in [6.07, 6.45) is 2.37. The third-order valence-electron chi connectivity index (χ3n) is 6.18. The standard InChI is InChI=1S/C17H33N3O3S/c1-7-18-14(20-13-15(2,3)16(20,4)5)19-12-17(24(6,21)22)8-10-23-11-9-17/h7-13H2,1-6H3,(H,18,19). The first-order valence-electron chi connectivity index (χ1n) is 8.80. The van der Waals surface area contributed by atoms with Gasteiger partial charge in [-0.05, 0) is 33.6 Å². The first-order valence-corrected chi connectivity index (χ1v) is 10.7. The van der Waals surface area contributed by atoms with Crippen molar-refractivity contribution in [1.29, 1.82) is 0 Å². The molecule has 2 aliphatic heterocycles. The van der Waals surface area contributed by atoms with Crippen LogP contribution in [-0.4, -0.2) is 68.7 Å². The molecular formula is C17H33N3O3S. The van der Waals surface area contributed by atoms with Gasteiger partial charge in [-0.1, -0.05) is 13.8 Å². The van der Waals surface area contributed by atoms with Crippen LogP contribution in [0.3, 0.4) is 0 Å². The molecule has 0 amide bonds. The Labute approximate surface area is 147 Å². The Morgan fingerprint density at radius 3 is 2.21 bits per heavy atom. The Hall–Kier alpha value is -0.820. The van der Waals surface area contributed by atoms with Crippen LogP contribution in [0.1, 0.15) is 47.5 Å². The summed E-state index contributed by atoms with van der Waals surface area (Å²) in [7, 11) is -3.20. The molecule has 0 aromatic rings. The van der Waals surface area contributed by atoms with Crippen LogP contribution in [0.2, 0.25) is 0 Å². The third-order valence-corrected chi connectivity index (χ3v) is 8.29. The number of rotatable bonds is 4. The van der Waals surface area contributed by atoms with Crippen LogP contribution in [0.5, 0.6) is 0 Å². The number of guanidine groups is 1. The number of aliphatic imine (C=N–C) groups is 1. The summed E-state index contributed by atoms with van der Waals surface area (Å²) < 4.78 is 29.4. The van der Waals surface area contributed by atoms with Crippen LogP contribution in [-0.2, 0) is 14.6 Å². The molecule has 0 radical (unpaired) electrons. The molecular weight excluding hydrogens is 326 g/mol. The van der Waals surface area contributed by atoms with Crippen molar-refractivity contribution < 1.29 is 13.2 Å². The van der Waals surface area contributed by atoms with Crippen LogP contribution >= 0.6 is 0 Å². The van der Waals surface area contributed by atoms with Crippen molar-refractivity contribution in [3.8, 4) is 0 Å². The summed E-state index contributed by atoms with van der Waals surface area (Å²) in [6.45, 7) is 13.9. The summed E-state index contributed by atoms with van der Waals surface area (Å²) in [5, 5.41) is 3.34. The summed E-state index contributed by atoms with van der Waals surface area (Å²) >= 11 is 0. The lowest BCUT2D eigenvalue weighted by Crippen LogP contribution is -2.72. The lowest BCUT2D eigenvalue weighted by atomic mass is 9.65. The molecule has 2 aliphatic rings. The van der Waals surface area contributed by atoms with E-state index in [-0.39, 0.29) is 11.0 Å². The van der Waals surface area contributed by atoms with Crippen LogP contribution < -0.4 is 5.32 Å². The highest BCUT2D eigenvalue weighted by atomic mass is 32.2. The van der Waals surface area contributed by atoms with Crippen molar-refractivity contribution in [2.24, 2.45) is 10.4 Å². The van der Waals surface area contributed by atoms with E-state index >= 15 is 0 Å². The molecule has 140 valence electrons. The minimum Gasteiger partial charge on any atom is -0.381 e. The van der Waals surface area contributed by atoms with E-state index in [1.807, 2.05) is 6.92 Å². The smallest absolute Gasteiger partial charge is 0.194 e. The first-order chi connectivity index (χ1) is 11.0. The zero-order valence-corrected chi connectivity index (χ0v) is 16.8. The Morgan fingerprint density at radius 1 is 1.21 bits per heavy atom. The molecule has 0 aromatic carbocycles. The van der Waals surface area contributed by atoms with Crippen LogP contribution in [0.15, 0.2) is 4.99 Å². The lowest BCUT2D eigenvalue weighted by molar-refractivity contribution is -0.0668. The number of nitrogens with one attached hydrogen (secondary N) is 1. The molecule has 0 aromatic heterocycles. The van der Waals surface area contributed by atoms with Crippen LogP contribution in [0.4, 0.5) is 0 Å². The van der Waals surface area contributed by atoms with Gasteiger partial charge in [0.05, 0.1) is 11.3 Å². The first kappa shape index (κ1) is 19.5. The topological polar surface area (TPSA) is 71.0 Å². The molecule has 0 bridgehead atoms. The van der Waals surface area contributed by atoms with E-state index in [9.17, 15) is 8.42 Å². The monoisotopic (exact) mass is 359 g/mol. The average molecular weight is 360 g/mol. The third kappa shape index (κ3) is 3.29. The lowest BCUT2D eigenvalue weighted by Gasteiger charge is -2.62. The number of nitrogens with zero attached hydrogens (tertiary/aromatic N) is 2. The molecule has 2 fully saturated rings. The van der Waals surface area contributed by atoms with Gasteiger partial charge < -0.3 is 15.0 Å². The Kier molecular flexibility index (Phi) is 5.27. The second-order valence-electron chi connectivity index (χ2n) is 8.27. The van der Waals surface area contributed by atoms with Gasteiger partial charge in [0, 0.05) is 43.5 Å². The predicted molar refractivity (Wildman–Crippen MR) is 98.2 cm³/mol. The minimum atomic E-state index is -3.20. The molecule has 2 rings (SSSR count). The fourth-order valence-corrected chi connectivity index (χ4v) is 4.61. The van der Waals surface area contributed by atoms with E-state index in [2.05, 4.69) is 37.9 Å². The molecule has 0 spiro atoms. The second-order valence-corrected chi connectivity index (χ2v) is 10.7. The molecule has 6 nitrogen and oxygen atoms in total. The van der Waals surface area contributed by atoms with E-state index in [0.717, 1.165) is 19.0 Å². The number of likely N-dealkylation sites (tertiary alicyclic amines) is 1. The van der Waals surface area contributed by atoms with Crippen molar-refractivity contribution in [2.45, 2.75) is 57.7 Å². The van der Waals surface area contributed by atoms with Gasteiger partial charge in [0.2, 0.25) is 0 Å². The quantitative estimate of drug-likeness (QED) is 0.611. The zero-order chi connectivity index (χ0) is 18.2. The summed E-state index contributed by atoms with van der Waals surface area (Å²) in [4.78, 5) is 7.01. The van der Waals surface area contributed by atoms with Gasteiger partial charge in [0.25, 0.3) is 0 Å². The van der Waals surface area contributed by atoms with Crippen molar-refractivity contribution in [3.05, 3.63) is 0 Å². The molecule has 0 unspecified atom stereocenters. The number of sulfone groups is 1. The van der Waals surface area contributed by atoms with Gasteiger partial charge in [-0.25, -0.2) is 8.42 Å². The van der Waals surface area contributed by atoms with Crippen molar-refractivity contribution in [2.75, 3.05) is 39.1 Å². The van der Waals surface area contributed by atoms with Crippen LogP contribution in [0.25, 0.3) is 0 Å². The fraction of sp³-hybridized carbons (Fsp3) is 0.941. The van der Waals surface area contributed by atoms with Gasteiger partial charge in [-0.2, -0.15) is 0 Å².